The Balaban J connectivity index is 2.88. The number of carbonyl (C=O) groups excluding carboxylic acids is 1. The summed E-state index contributed by atoms with van der Waals surface area (Å²) in [6, 6.07) is 5.58. The van der Waals surface area contributed by atoms with E-state index in [1.807, 2.05) is 32.0 Å². The molecule has 0 aliphatic carbocycles. The van der Waals surface area contributed by atoms with Crippen LogP contribution in [0.3, 0.4) is 0 Å². The van der Waals surface area contributed by atoms with Crippen LogP contribution in [0.1, 0.15) is 30.5 Å². The van der Waals surface area contributed by atoms with Gasteiger partial charge in [-0.1, -0.05) is 32.0 Å². The Kier molecular flexibility index (Phi) is 5.32. The maximum atomic E-state index is 10.9. The Labute approximate surface area is 102 Å². The molecule has 17 heavy (non-hydrogen) atoms. The Morgan fingerprint density at radius 3 is 2.29 bits per heavy atom. The van der Waals surface area contributed by atoms with Crippen LogP contribution in [-0.4, -0.2) is 16.5 Å². The predicted molar refractivity (Wildman–Crippen MR) is 66.4 cm³/mol. The Morgan fingerprint density at radius 2 is 1.82 bits per heavy atom. The molecule has 0 bridgehead atoms. The van der Waals surface area contributed by atoms with Crippen LogP contribution in [0.4, 0.5) is 0 Å². The molecular formula is C14H20O3. The molecule has 0 aliphatic heterocycles. The third kappa shape index (κ3) is 3.65. The van der Waals surface area contributed by atoms with Crippen LogP contribution in [0.15, 0.2) is 18.2 Å². The van der Waals surface area contributed by atoms with Crippen LogP contribution < -0.4 is 0 Å². The number of aliphatic hydroxyl groups is 2. The van der Waals surface area contributed by atoms with Crippen molar-refractivity contribution < 1.29 is 15.0 Å². The van der Waals surface area contributed by atoms with Crippen LogP contribution in [0, 0.1) is 11.8 Å². The van der Waals surface area contributed by atoms with E-state index in [4.69, 9.17) is 5.11 Å². The topological polar surface area (TPSA) is 57.5 Å². The summed E-state index contributed by atoms with van der Waals surface area (Å²) in [7, 11) is 0. The van der Waals surface area contributed by atoms with E-state index < -0.39 is 0 Å². The van der Waals surface area contributed by atoms with E-state index in [0.717, 1.165) is 23.0 Å². The normalized spacial score (nSPS) is 12.8. The Hall–Kier alpha value is -1.19. The lowest BCUT2D eigenvalue weighted by Crippen LogP contribution is -2.13. The lowest BCUT2D eigenvalue weighted by atomic mass is 9.89. The molecule has 1 aromatic carbocycles. The summed E-state index contributed by atoms with van der Waals surface area (Å²) >= 11 is 0. The zero-order chi connectivity index (χ0) is 12.8. The molecule has 1 atom stereocenters. The van der Waals surface area contributed by atoms with Crippen LogP contribution in [0.2, 0.25) is 0 Å². The van der Waals surface area contributed by atoms with Crippen molar-refractivity contribution in [1.29, 1.82) is 0 Å². The highest BCUT2D eigenvalue weighted by Gasteiger charge is 2.13. The lowest BCUT2D eigenvalue weighted by Gasteiger charge is -2.15. The minimum Gasteiger partial charge on any atom is -0.392 e. The van der Waals surface area contributed by atoms with Crippen LogP contribution in [0.25, 0.3) is 0 Å². The van der Waals surface area contributed by atoms with Gasteiger partial charge < -0.3 is 15.0 Å². The fourth-order valence-electron chi connectivity index (χ4n) is 1.82. The first-order valence-electron chi connectivity index (χ1n) is 5.90. The van der Waals surface area contributed by atoms with Crippen molar-refractivity contribution in [3.05, 3.63) is 34.9 Å². The van der Waals surface area contributed by atoms with E-state index in [1.165, 1.54) is 0 Å². The van der Waals surface area contributed by atoms with E-state index in [1.54, 1.807) is 0 Å². The van der Waals surface area contributed by atoms with Gasteiger partial charge in [0.25, 0.3) is 0 Å². The first-order chi connectivity index (χ1) is 8.12. The van der Waals surface area contributed by atoms with Crippen molar-refractivity contribution in [3.8, 4) is 0 Å². The summed E-state index contributed by atoms with van der Waals surface area (Å²) in [5.74, 6) is 0.309. The van der Waals surface area contributed by atoms with Gasteiger partial charge in [-0.2, -0.15) is 0 Å². The van der Waals surface area contributed by atoms with Gasteiger partial charge in [0.2, 0.25) is 0 Å². The molecule has 1 rings (SSSR count). The van der Waals surface area contributed by atoms with Gasteiger partial charge in [0.1, 0.15) is 6.29 Å². The molecule has 0 heterocycles. The molecule has 0 aliphatic rings. The van der Waals surface area contributed by atoms with Crippen molar-refractivity contribution in [2.45, 2.75) is 33.5 Å². The van der Waals surface area contributed by atoms with E-state index in [-0.39, 0.29) is 19.1 Å². The fraction of sp³-hybridized carbons (Fsp3) is 0.500. The number of aliphatic hydroxyl groups excluding tert-OH is 2. The summed E-state index contributed by atoms with van der Waals surface area (Å²) in [5, 5.41) is 18.3. The SMILES string of the molecule is CC(C)C(C=O)Cc1ccc(CO)c(CO)c1. The van der Waals surface area contributed by atoms with Crippen molar-refractivity contribution in [2.75, 3.05) is 0 Å². The van der Waals surface area contributed by atoms with Crippen molar-refractivity contribution in [3.63, 3.8) is 0 Å². The number of hydrogen-bond acceptors (Lipinski definition) is 3. The van der Waals surface area contributed by atoms with Gasteiger partial charge in [-0.05, 0) is 29.0 Å². The van der Waals surface area contributed by atoms with Gasteiger partial charge in [0.05, 0.1) is 13.2 Å². The first-order valence-corrected chi connectivity index (χ1v) is 5.90. The second kappa shape index (κ2) is 6.52. The van der Waals surface area contributed by atoms with Gasteiger partial charge in [-0.25, -0.2) is 0 Å². The largest absolute Gasteiger partial charge is 0.392 e. The van der Waals surface area contributed by atoms with E-state index in [0.29, 0.717) is 12.3 Å². The highest BCUT2D eigenvalue weighted by atomic mass is 16.3. The maximum absolute atomic E-state index is 10.9. The van der Waals surface area contributed by atoms with Crippen molar-refractivity contribution in [2.24, 2.45) is 11.8 Å². The highest BCUT2D eigenvalue weighted by molar-refractivity contribution is 5.54. The standard InChI is InChI=1S/C14H20O3/c1-10(2)13(8-16)5-11-3-4-12(7-15)14(6-11)9-17/h3-4,6,8,10,13,15,17H,5,7,9H2,1-2H3. The molecule has 0 amide bonds. The maximum Gasteiger partial charge on any atom is 0.123 e. The second-order valence-electron chi connectivity index (χ2n) is 4.67. The second-order valence-corrected chi connectivity index (χ2v) is 4.67. The Bertz CT molecular complexity index is 372. The van der Waals surface area contributed by atoms with E-state index in [2.05, 4.69) is 0 Å². The zero-order valence-electron chi connectivity index (χ0n) is 10.4. The zero-order valence-corrected chi connectivity index (χ0v) is 10.4. The number of rotatable bonds is 6. The number of hydrogen-bond donors (Lipinski definition) is 2. The smallest absolute Gasteiger partial charge is 0.123 e. The summed E-state index contributed by atoms with van der Waals surface area (Å²) in [6.07, 6.45) is 1.67. The molecule has 1 unspecified atom stereocenters. The molecule has 0 fully saturated rings. The Morgan fingerprint density at radius 1 is 1.18 bits per heavy atom. The monoisotopic (exact) mass is 236 g/mol. The van der Waals surface area contributed by atoms with Crippen LogP contribution >= 0.6 is 0 Å². The highest BCUT2D eigenvalue weighted by Crippen LogP contribution is 2.18. The van der Waals surface area contributed by atoms with E-state index >= 15 is 0 Å². The molecule has 1 aromatic rings. The molecule has 3 nitrogen and oxygen atoms in total. The number of benzene rings is 1. The molecule has 3 heteroatoms. The predicted octanol–water partition coefficient (Wildman–Crippen LogP) is 1.68. The van der Waals surface area contributed by atoms with Gasteiger partial charge in [0, 0.05) is 5.92 Å². The number of aldehydes is 1. The molecule has 2 N–H and O–H groups in total. The molecule has 0 aromatic heterocycles. The van der Waals surface area contributed by atoms with E-state index in [9.17, 15) is 9.90 Å². The molecule has 0 saturated heterocycles. The molecule has 0 saturated carbocycles. The lowest BCUT2D eigenvalue weighted by molar-refractivity contribution is -0.112. The quantitative estimate of drug-likeness (QED) is 0.739. The third-order valence-electron chi connectivity index (χ3n) is 3.11. The average Bonchev–Trinajstić information content (AvgIpc) is 2.35. The van der Waals surface area contributed by atoms with Gasteiger partial charge in [-0.15, -0.1) is 0 Å². The van der Waals surface area contributed by atoms with Gasteiger partial charge in [0.15, 0.2) is 0 Å². The summed E-state index contributed by atoms with van der Waals surface area (Å²) < 4.78 is 0. The third-order valence-corrected chi connectivity index (χ3v) is 3.11. The summed E-state index contributed by atoms with van der Waals surface area (Å²) in [5.41, 5.74) is 2.50. The minimum atomic E-state index is -0.0861. The van der Waals surface area contributed by atoms with Crippen LogP contribution in [0.5, 0.6) is 0 Å². The summed E-state index contributed by atoms with van der Waals surface area (Å²) in [6.45, 7) is 3.89. The molecule has 94 valence electrons. The van der Waals surface area contributed by atoms with Gasteiger partial charge in [-0.3, -0.25) is 0 Å². The molecule has 0 radical (unpaired) electrons. The van der Waals surface area contributed by atoms with Crippen molar-refractivity contribution in [1.82, 2.24) is 0 Å². The van der Waals surface area contributed by atoms with Gasteiger partial charge >= 0.3 is 0 Å². The average molecular weight is 236 g/mol. The molecular weight excluding hydrogens is 216 g/mol. The first kappa shape index (κ1) is 13.9. The van der Waals surface area contributed by atoms with Crippen LogP contribution in [-0.2, 0) is 24.4 Å². The van der Waals surface area contributed by atoms with Crippen molar-refractivity contribution >= 4 is 6.29 Å². The summed E-state index contributed by atoms with van der Waals surface area (Å²) in [4.78, 5) is 10.9. The number of carbonyl (C=O) groups is 1. The fourth-order valence-corrected chi connectivity index (χ4v) is 1.82. The molecule has 0 spiro atoms. The minimum absolute atomic E-state index is 0.00141.